The number of unbranched alkanes of at least 4 members (excludes halogenated alkanes) is 27. The zero-order valence-electron chi connectivity index (χ0n) is 43.4. The summed E-state index contributed by atoms with van der Waals surface area (Å²) in [4.78, 5) is 38.0. The van der Waals surface area contributed by atoms with Gasteiger partial charge in [0.05, 0.1) is 0 Å². The summed E-state index contributed by atoms with van der Waals surface area (Å²) in [7, 11) is 0. The van der Waals surface area contributed by atoms with Crippen molar-refractivity contribution in [3.8, 4) is 0 Å². The maximum atomic E-state index is 12.8. The summed E-state index contributed by atoms with van der Waals surface area (Å²) in [5, 5.41) is 0. The monoisotopic (exact) mass is 921 g/mol. The highest BCUT2D eigenvalue weighted by Crippen LogP contribution is 2.16. The summed E-state index contributed by atoms with van der Waals surface area (Å²) >= 11 is 0. The van der Waals surface area contributed by atoms with Gasteiger partial charge in [0, 0.05) is 19.3 Å². The standard InChI is InChI=1S/C60H104O6/c1-4-7-10-13-16-19-22-25-27-29-30-32-33-35-38-41-44-47-50-53-59(62)65-56-57(55-64-58(61)52-49-46-43-40-37-24-21-18-15-12-9-6-3)66-60(63)54-51-48-45-42-39-36-34-31-28-26-23-20-17-14-11-8-5-2/h9,12,18,21,26,28,34,36-37,40,42,45,57H,4-8,10-11,13-17,19-20,22-25,27,29-33,35,38-39,41,43-44,46-56H2,1-3H3/b12-9-,21-18-,28-26-,36-34-,40-37-,45-42-. The first kappa shape index (κ1) is 62.8. The van der Waals surface area contributed by atoms with Crippen LogP contribution in [0.2, 0.25) is 0 Å². The molecule has 0 bridgehead atoms. The molecule has 6 heteroatoms. The van der Waals surface area contributed by atoms with Crippen LogP contribution in [0.3, 0.4) is 0 Å². The van der Waals surface area contributed by atoms with Gasteiger partial charge in [-0.2, -0.15) is 0 Å². The minimum atomic E-state index is -0.815. The number of esters is 3. The molecule has 0 aromatic carbocycles. The van der Waals surface area contributed by atoms with Crippen molar-refractivity contribution in [3.05, 3.63) is 72.9 Å². The third-order valence-electron chi connectivity index (χ3n) is 11.9. The molecule has 0 saturated carbocycles. The van der Waals surface area contributed by atoms with Gasteiger partial charge in [0.15, 0.2) is 6.10 Å². The van der Waals surface area contributed by atoms with Gasteiger partial charge in [-0.1, -0.05) is 241 Å². The van der Waals surface area contributed by atoms with Crippen LogP contribution in [0.1, 0.15) is 271 Å². The second kappa shape index (κ2) is 54.5. The lowest BCUT2D eigenvalue weighted by molar-refractivity contribution is -0.167. The fraction of sp³-hybridized carbons (Fsp3) is 0.750. The Bertz CT molecular complexity index is 1240. The Morgan fingerprint density at radius 1 is 0.318 bits per heavy atom. The van der Waals surface area contributed by atoms with Gasteiger partial charge in [0.25, 0.3) is 0 Å². The van der Waals surface area contributed by atoms with Crippen molar-refractivity contribution in [1.29, 1.82) is 0 Å². The molecule has 380 valence electrons. The molecule has 1 unspecified atom stereocenters. The van der Waals surface area contributed by atoms with Gasteiger partial charge in [0.2, 0.25) is 0 Å². The second-order valence-corrected chi connectivity index (χ2v) is 18.5. The number of hydrogen-bond donors (Lipinski definition) is 0. The molecule has 1 atom stereocenters. The predicted octanol–water partition coefficient (Wildman–Crippen LogP) is 18.6. The number of ether oxygens (including phenoxy) is 3. The van der Waals surface area contributed by atoms with Gasteiger partial charge in [-0.25, -0.2) is 0 Å². The van der Waals surface area contributed by atoms with Crippen molar-refractivity contribution in [2.45, 2.75) is 277 Å². The van der Waals surface area contributed by atoms with Crippen LogP contribution >= 0.6 is 0 Å². The SMILES string of the molecule is CC/C=C\C/C=C\C/C=C\CCCCC(=O)OCC(COC(=O)CCCCCCCCCCCCCCCCCCCCC)OC(=O)CCC/C=C\C/C=C\C/C=C\CCCCCCCC. The summed E-state index contributed by atoms with van der Waals surface area (Å²) in [5.74, 6) is -0.993. The summed E-state index contributed by atoms with van der Waals surface area (Å²) in [6.07, 6.45) is 69.1. The Kier molecular flexibility index (Phi) is 51.9. The molecule has 0 saturated heterocycles. The first-order chi connectivity index (χ1) is 32.5. The maximum Gasteiger partial charge on any atom is 0.306 e. The molecular formula is C60H104O6. The first-order valence-corrected chi connectivity index (χ1v) is 27.9. The topological polar surface area (TPSA) is 78.9 Å². The Morgan fingerprint density at radius 2 is 0.606 bits per heavy atom. The highest BCUT2D eigenvalue weighted by atomic mass is 16.6. The number of carbonyl (C=O) groups excluding carboxylic acids is 3. The van der Waals surface area contributed by atoms with E-state index in [4.69, 9.17) is 14.2 Å². The molecule has 0 heterocycles. The molecule has 6 nitrogen and oxygen atoms in total. The molecule has 0 aliphatic rings. The largest absolute Gasteiger partial charge is 0.462 e. The molecule has 0 aromatic rings. The molecule has 0 aromatic heterocycles. The van der Waals surface area contributed by atoms with E-state index < -0.39 is 6.10 Å². The van der Waals surface area contributed by atoms with Crippen LogP contribution in [-0.2, 0) is 28.6 Å². The molecule has 66 heavy (non-hydrogen) atoms. The highest BCUT2D eigenvalue weighted by molar-refractivity contribution is 5.71. The van der Waals surface area contributed by atoms with Crippen molar-refractivity contribution < 1.29 is 28.6 Å². The average molecular weight is 921 g/mol. The summed E-state index contributed by atoms with van der Waals surface area (Å²) < 4.78 is 16.8. The van der Waals surface area contributed by atoms with Crippen LogP contribution in [0, 0.1) is 0 Å². The van der Waals surface area contributed by atoms with Crippen LogP contribution in [-0.4, -0.2) is 37.2 Å². The Morgan fingerprint density at radius 3 is 1.00 bits per heavy atom. The summed E-state index contributed by atoms with van der Waals surface area (Å²) in [5.41, 5.74) is 0. The Balaban J connectivity index is 4.43. The smallest absolute Gasteiger partial charge is 0.306 e. The molecule has 0 fully saturated rings. The predicted molar refractivity (Wildman–Crippen MR) is 284 cm³/mol. The fourth-order valence-corrected chi connectivity index (χ4v) is 7.77. The highest BCUT2D eigenvalue weighted by Gasteiger charge is 2.19. The third-order valence-corrected chi connectivity index (χ3v) is 11.9. The number of rotatable bonds is 50. The van der Waals surface area contributed by atoms with Gasteiger partial charge in [-0.05, 0) is 83.5 Å². The number of hydrogen-bond acceptors (Lipinski definition) is 6. The van der Waals surface area contributed by atoms with Crippen molar-refractivity contribution in [1.82, 2.24) is 0 Å². The van der Waals surface area contributed by atoms with Crippen LogP contribution in [0.5, 0.6) is 0 Å². The van der Waals surface area contributed by atoms with Crippen LogP contribution in [0.4, 0.5) is 0 Å². The lowest BCUT2D eigenvalue weighted by Gasteiger charge is -2.18. The van der Waals surface area contributed by atoms with E-state index in [1.165, 1.54) is 148 Å². The molecule has 0 spiro atoms. The van der Waals surface area contributed by atoms with Crippen molar-refractivity contribution in [3.63, 3.8) is 0 Å². The van der Waals surface area contributed by atoms with Crippen molar-refractivity contribution in [2.24, 2.45) is 0 Å². The van der Waals surface area contributed by atoms with E-state index >= 15 is 0 Å². The zero-order valence-corrected chi connectivity index (χ0v) is 43.4. The second-order valence-electron chi connectivity index (χ2n) is 18.5. The fourth-order valence-electron chi connectivity index (χ4n) is 7.77. The first-order valence-electron chi connectivity index (χ1n) is 27.9. The van der Waals surface area contributed by atoms with E-state index in [2.05, 4.69) is 93.7 Å². The summed E-state index contributed by atoms with van der Waals surface area (Å²) in [6, 6.07) is 0. The Labute approximate surface area is 408 Å². The van der Waals surface area contributed by atoms with E-state index in [9.17, 15) is 14.4 Å². The van der Waals surface area contributed by atoms with E-state index in [0.717, 1.165) is 77.0 Å². The van der Waals surface area contributed by atoms with Crippen LogP contribution in [0.25, 0.3) is 0 Å². The van der Waals surface area contributed by atoms with E-state index in [1.54, 1.807) is 0 Å². The molecule has 0 N–H and O–H groups in total. The van der Waals surface area contributed by atoms with Gasteiger partial charge < -0.3 is 14.2 Å². The summed E-state index contributed by atoms with van der Waals surface area (Å²) in [6.45, 7) is 6.46. The molecule has 0 amide bonds. The van der Waals surface area contributed by atoms with E-state index in [-0.39, 0.29) is 37.5 Å². The molecule has 0 rings (SSSR count). The van der Waals surface area contributed by atoms with E-state index in [0.29, 0.717) is 19.3 Å². The van der Waals surface area contributed by atoms with Gasteiger partial charge >= 0.3 is 17.9 Å². The van der Waals surface area contributed by atoms with Gasteiger partial charge in [0.1, 0.15) is 13.2 Å². The normalized spacial score (nSPS) is 12.6. The van der Waals surface area contributed by atoms with Crippen LogP contribution < -0.4 is 0 Å². The quantitative estimate of drug-likeness (QED) is 0.0262. The molecular weight excluding hydrogens is 817 g/mol. The number of carbonyl (C=O) groups is 3. The van der Waals surface area contributed by atoms with Crippen molar-refractivity contribution >= 4 is 17.9 Å². The van der Waals surface area contributed by atoms with Gasteiger partial charge in [-0.15, -0.1) is 0 Å². The van der Waals surface area contributed by atoms with Crippen LogP contribution in [0.15, 0.2) is 72.9 Å². The third kappa shape index (κ3) is 51.8. The minimum absolute atomic E-state index is 0.106. The maximum absolute atomic E-state index is 12.8. The van der Waals surface area contributed by atoms with E-state index in [1.807, 2.05) is 0 Å². The van der Waals surface area contributed by atoms with Crippen molar-refractivity contribution in [2.75, 3.05) is 13.2 Å². The van der Waals surface area contributed by atoms with Gasteiger partial charge in [-0.3, -0.25) is 14.4 Å². The Hall–Kier alpha value is -3.15. The zero-order chi connectivity index (χ0) is 47.9. The average Bonchev–Trinajstić information content (AvgIpc) is 3.31. The molecule has 0 aliphatic heterocycles. The number of allylic oxidation sites excluding steroid dienone is 12. The minimum Gasteiger partial charge on any atom is -0.462 e. The lowest BCUT2D eigenvalue weighted by atomic mass is 10.0. The lowest BCUT2D eigenvalue weighted by Crippen LogP contribution is -2.30. The molecule has 0 aliphatic carbocycles. The molecule has 0 radical (unpaired) electrons.